The zero-order valence-electron chi connectivity index (χ0n) is 25.4. The van der Waals surface area contributed by atoms with Gasteiger partial charge in [-0.1, -0.05) is 24.8 Å². The van der Waals surface area contributed by atoms with E-state index in [9.17, 15) is 14.0 Å². The molecule has 0 aliphatic rings. The van der Waals surface area contributed by atoms with Gasteiger partial charge in [-0.25, -0.2) is 9.37 Å². The molecule has 10 heteroatoms. The molecular formula is C35H32FN3O6. The normalized spacial score (nSPS) is 11.0. The van der Waals surface area contributed by atoms with Gasteiger partial charge < -0.3 is 18.9 Å². The smallest absolute Gasteiger partial charge is 0.266 e. The summed E-state index contributed by atoms with van der Waals surface area (Å²) in [7, 11) is 3.09. The van der Waals surface area contributed by atoms with Crippen molar-refractivity contribution in [1.29, 1.82) is 0 Å². The Kier molecular flexibility index (Phi) is 9.34. The van der Waals surface area contributed by atoms with Gasteiger partial charge >= 0.3 is 0 Å². The van der Waals surface area contributed by atoms with E-state index in [1.807, 2.05) is 0 Å². The first-order valence-electron chi connectivity index (χ1n) is 14.2. The molecule has 5 rings (SSSR count). The first-order chi connectivity index (χ1) is 21.7. The Morgan fingerprint density at radius 1 is 1.00 bits per heavy atom. The summed E-state index contributed by atoms with van der Waals surface area (Å²) in [5, 5.41) is 0. The van der Waals surface area contributed by atoms with Crippen LogP contribution in [0.3, 0.4) is 0 Å². The fourth-order valence-electron chi connectivity index (χ4n) is 5.14. The number of rotatable bonds is 12. The van der Waals surface area contributed by atoms with Gasteiger partial charge in [-0.15, -0.1) is 0 Å². The minimum atomic E-state index is -0.466. The lowest BCUT2D eigenvalue weighted by atomic mass is 9.95. The fourth-order valence-corrected chi connectivity index (χ4v) is 5.14. The van der Waals surface area contributed by atoms with Gasteiger partial charge in [0.2, 0.25) is 0 Å². The summed E-state index contributed by atoms with van der Waals surface area (Å²) in [6.45, 7) is 8.13. The third-order valence-electron chi connectivity index (χ3n) is 7.35. The van der Waals surface area contributed by atoms with Gasteiger partial charge in [0.25, 0.3) is 11.4 Å². The molecule has 0 bridgehead atoms. The van der Waals surface area contributed by atoms with Crippen LogP contribution in [0.4, 0.5) is 4.39 Å². The summed E-state index contributed by atoms with van der Waals surface area (Å²) in [6, 6.07) is 16.0. The number of pyridine rings is 3. The van der Waals surface area contributed by atoms with Crippen molar-refractivity contribution in [3.05, 3.63) is 118 Å². The Hall–Kier alpha value is -5.35. The van der Waals surface area contributed by atoms with Crippen molar-refractivity contribution in [3.8, 4) is 28.8 Å². The second-order valence-corrected chi connectivity index (χ2v) is 10.2. The van der Waals surface area contributed by atoms with Crippen LogP contribution in [0.5, 0.6) is 23.1 Å². The van der Waals surface area contributed by atoms with E-state index in [2.05, 4.69) is 16.5 Å². The van der Waals surface area contributed by atoms with Crippen LogP contribution in [0.15, 0.2) is 78.2 Å². The van der Waals surface area contributed by atoms with Gasteiger partial charge in [0, 0.05) is 43.2 Å². The number of benzene rings is 2. The third kappa shape index (κ3) is 6.46. The molecule has 0 N–H and O–H groups in total. The highest BCUT2D eigenvalue weighted by atomic mass is 19.1. The van der Waals surface area contributed by atoms with E-state index < -0.39 is 11.4 Å². The molecule has 0 saturated carbocycles. The topological polar surface area (TPSA) is 102 Å². The molecule has 9 nitrogen and oxygen atoms in total. The van der Waals surface area contributed by atoms with Crippen LogP contribution in [-0.2, 0) is 11.2 Å². The number of hydrogen-bond acceptors (Lipinski definition) is 8. The highest BCUT2D eigenvalue weighted by Crippen LogP contribution is 2.34. The molecule has 2 aromatic carbocycles. The Labute approximate surface area is 259 Å². The van der Waals surface area contributed by atoms with Crippen molar-refractivity contribution in [2.75, 3.05) is 27.4 Å². The first-order valence-corrected chi connectivity index (χ1v) is 14.2. The van der Waals surface area contributed by atoms with E-state index in [1.54, 1.807) is 69.6 Å². The number of fused-ring (bicyclic) bond motifs is 1. The minimum absolute atomic E-state index is 0.0117. The van der Waals surface area contributed by atoms with E-state index in [4.69, 9.17) is 18.9 Å². The molecule has 230 valence electrons. The zero-order chi connectivity index (χ0) is 32.1. The maximum atomic E-state index is 13.7. The molecule has 0 saturated heterocycles. The van der Waals surface area contributed by atoms with Crippen LogP contribution in [0.1, 0.15) is 32.7 Å². The standard InChI is InChI=1S/C35H32FN3O6/c1-6-27-21(2)32(35(41)39(22(27)3)25-11-9-24(36)10-12-25)29(40)19-23-7-13-26(14-8-23)45-30-15-16-37-28-20-31(44-18-17-42-4)34(43-5)38-33(28)30/h6-16,20H,1,17-19H2,2-5H3. The lowest BCUT2D eigenvalue weighted by Gasteiger charge is -2.18. The van der Waals surface area contributed by atoms with Crippen LogP contribution in [-0.4, -0.2) is 47.8 Å². The number of nitrogens with zero attached hydrogens (tertiary/aromatic N) is 3. The summed E-state index contributed by atoms with van der Waals surface area (Å²) in [5.74, 6) is 0.932. The minimum Gasteiger partial charge on any atom is -0.485 e. The molecule has 0 fully saturated rings. The molecule has 0 aliphatic heterocycles. The van der Waals surface area contributed by atoms with Gasteiger partial charge in [0.05, 0.1) is 24.8 Å². The maximum Gasteiger partial charge on any atom is 0.266 e. The van der Waals surface area contributed by atoms with E-state index in [1.165, 1.54) is 35.9 Å². The number of aromatic nitrogens is 3. The van der Waals surface area contributed by atoms with Crippen LogP contribution < -0.4 is 19.8 Å². The summed E-state index contributed by atoms with van der Waals surface area (Å²) in [4.78, 5) is 36.2. The lowest BCUT2D eigenvalue weighted by Crippen LogP contribution is -2.30. The number of ketones is 1. The molecule has 0 unspecified atom stereocenters. The predicted octanol–water partition coefficient (Wildman–Crippen LogP) is 6.43. The van der Waals surface area contributed by atoms with Gasteiger partial charge in [-0.3, -0.25) is 19.1 Å². The average Bonchev–Trinajstić information content (AvgIpc) is 3.03. The Morgan fingerprint density at radius 2 is 1.73 bits per heavy atom. The summed E-state index contributed by atoms with van der Waals surface area (Å²) < 4.78 is 37.3. The van der Waals surface area contributed by atoms with Crippen LogP contribution in [0.25, 0.3) is 22.8 Å². The summed E-state index contributed by atoms with van der Waals surface area (Å²) in [6.07, 6.45) is 3.22. The number of carbonyl (C=O) groups excluding carboxylic acids is 1. The molecule has 0 amide bonds. The van der Waals surface area contributed by atoms with Crippen LogP contribution >= 0.6 is 0 Å². The Balaban J connectivity index is 1.39. The van der Waals surface area contributed by atoms with Crippen molar-refractivity contribution in [3.63, 3.8) is 0 Å². The van der Waals surface area contributed by atoms with Crippen LogP contribution in [0.2, 0.25) is 0 Å². The van der Waals surface area contributed by atoms with Gasteiger partial charge in [0.15, 0.2) is 17.3 Å². The molecule has 0 atom stereocenters. The van der Waals surface area contributed by atoms with Crippen molar-refractivity contribution < 1.29 is 28.1 Å². The van der Waals surface area contributed by atoms with E-state index >= 15 is 0 Å². The molecule has 0 aliphatic carbocycles. The SMILES string of the molecule is C=Cc1c(C)c(C(=O)Cc2ccc(Oc3ccnc4cc(OCCOC)c(OC)nc34)cc2)c(=O)n(-c2ccc(F)cc2)c1C. The molecule has 5 aromatic rings. The molecule has 0 spiro atoms. The van der Waals surface area contributed by atoms with Crippen molar-refractivity contribution in [2.45, 2.75) is 20.3 Å². The lowest BCUT2D eigenvalue weighted by molar-refractivity contribution is 0.0990. The number of methoxy groups -OCH3 is 2. The molecule has 0 radical (unpaired) electrons. The summed E-state index contributed by atoms with van der Waals surface area (Å²) >= 11 is 0. The number of carbonyl (C=O) groups is 1. The number of ether oxygens (including phenoxy) is 4. The first kappa shape index (κ1) is 31.1. The molecule has 45 heavy (non-hydrogen) atoms. The van der Waals surface area contributed by atoms with Crippen molar-refractivity contribution >= 4 is 22.9 Å². The van der Waals surface area contributed by atoms with Gasteiger partial charge in [-0.2, -0.15) is 0 Å². The Morgan fingerprint density at radius 3 is 2.40 bits per heavy atom. The molecule has 3 heterocycles. The van der Waals surface area contributed by atoms with E-state index in [-0.39, 0.29) is 23.6 Å². The number of Topliss-reactive ketones (excluding diaryl/α,β-unsaturated/α-hetero) is 1. The maximum absolute atomic E-state index is 13.7. The van der Waals surface area contributed by atoms with Crippen molar-refractivity contribution in [2.24, 2.45) is 0 Å². The van der Waals surface area contributed by atoms with E-state index in [0.29, 0.717) is 69.6 Å². The highest BCUT2D eigenvalue weighted by molar-refractivity contribution is 5.99. The molecule has 3 aromatic heterocycles. The largest absolute Gasteiger partial charge is 0.485 e. The number of halogens is 1. The molecular weight excluding hydrogens is 577 g/mol. The second kappa shape index (κ2) is 13.5. The monoisotopic (exact) mass is 609 g/mol. The van der Waals surface area contributed by atoms with E-state index in [0.717, 1.165) is 0 Å². The highest BCUT2D eigenvalue weighted by Gasteiger charge is 2.22. The average molecular weight is 610 g/mol. The quantitative estimate of drug-likeness (QED) is 0.118. The van der Waals surface area contributed by atoms with Crippen LogP contribution in [0, 0.1) is 19.7 Å². The zero-order valence-corrected chi connectivity index (χ0v) is 25.4. The summed E-state index contributed by atoms with van der Waals surface area (Å²) in [5.41, 5.74) is 3.63. The fraction of sp³-hybridized carbons (Fsp3) is 0.200. The number of hydrogen-bond donors (Lipinski definition) is 0. The Bertz CT molecular complexity index is 1940. The van der Waals surface area contributed by atoms with Gasteiger partial charge in [0.1, 0.15) is 23.7 Å². The van der Waals surface area contributed by atoms with Crippen molar-refractivity contribution in [1.82, 2.24) is 14.5 Å². The van der Waals surface area contributed by atoms with Gasteiger partial charge in [-0.05, 0) is 66.9 Å². The third-order valence-corrected chi connectivity index (χ3v) is 7.35. The predicted molar refractivity (Wildman–Crippen MR) is 170 cm³/mol. The second-order valence-electron chi connectivity index (χ2n) is 10.2.